The van der Waals surface area contributed by atoms with Crippen molar-refractivity contribution in [1.82, 2.24) is 9.78 Å². The first-order valence-corrected chi connectivity index (χ1v) is 7.60. The molecule has 0 unspecified atom stereocenters. The molecule has 4 heteroatoms. The van der Waals surface area contributed by atoms with Gasteiger partial charge in [0.25, 0.3) is 0 Å². The lowest BCUT2D eigenvalue weighted by molar-refractivity contribution is 0.737. The van der Waals surface area contributed by atoms with Crippen molar-refractivity contribution in [3.05, 3.63) is 46.2 Å². The summed E-state index contributed by atoms with van der Waals surface area (Å²) >= 11 is 3.61. The lowest BCUT2D eigenvalue weighted by atomic mass is 10.1. The quantitative estimate of drug-likeness (QED) is 0.942. The Bertz CT molecular complexity index is 621. The molecule has 1 aromatic carbocycles. The highest BCUT2D eigenvalue weighted by Gasteiger charge is 2.39. The SMILES string of the molecule is NC1(c2ccc(-n3ncc(Br)c3C3CC3)cc2)CC1. The van der Waals surface area contributed by atoms with Gasteiger partial charge in [0.1, 0.15) is 0 Å². The second-order valence-electron chi connectivity index (χ2n) is 5.77. The number of halogens is 1. The maximum absolute atomic E-state index is 6.22. The summed E-state index contributed by atoms with van der Waals surface area (Å²) < 4.78 is 3.18. The molecule has 0 aliphatic heterocycles. The second kappa shape index (κ2) is 3.93. The topological polar surface area (TPSA) is 43.8 Å². The molecule has 1 aromatic heterocycles. The Balaban J connectivity index is 1.72. The fraction of sp³-hybridized carbons (Fsp3) is 0.400. The smallest absolute Gasteiger partial charge is 0.0649 e. The molecule has 0 spiro atoms. The molecule has 98 valence electrons. The van der Waals surface area contributed by atoms with Gasteiger partial charge < -0.3 is 5.73 Å². The van der Waals surface area contributed by atoms with Crippen LogP contribution in [0.4, 0.5) is 0 Å². The van der Waals surface area contributed by atoms with E-state index in [2.05, 4.69) is 50.0 Å². The summed E-state index contributed by atoms with van der Waals surface area (Å²) in [6, 6.07) is 8.56. The van der Waals surface area contributed by atoms with Crippen molar-refractivity contribution < 1.29 is 0 Å². The van der Waals surface area contributed by atoms with Crippen LogP contribution < -0.4 is 5.73 Å². The van der Waals surface area contributed by atoms with E-state index < -0.39 is 0 Å². The number of hydrogen-bond acceptors (Lipinski definition) is 2. The van der Waals surface area contributed by atoms with Gasteiger partial charge in [-0.15, -0.1) is 0 Å². The van der Waals surface area contributed by atoms with Crippen LogP contribution in [0.5, 0.6) is 0 Å². The molecule has 19 heavy (non-hydrogen) atoms. The van der Waals surface area contributed by atoms with Crippen molar-refractivity contribution in [3.8, 4) is 5.69 Å². The van der Waals surface area contributed by atoms with Crippen LogP contribution in [0.2, 0.25) is 0 Å². The largest absolute Gasteiger partial charge is 0.321 e. The third-order valence-corrected chi connectivity index (χ3v) is 4.81. The Hall–Kier alpha value is -1.13. The number of nitrogens with zero attached hydrogens (tertiary/aromatic N) is 2. The molecule has 0 atom stereocenters. The minimum Gasteiger partial charge on any atom is -0.321 e. The zero-order chi connectivity index (χ0) is 13.0. The Kier molecular flexibility index (Phi) is 2.42. The predicted molar refractivity (Wildman–Crippen MR) is 78.3 cm³/mol. The molecule has 4 rings (SSSR count). The third-order valence-electron chi connectivity index (χ3n) is 4.20. The van der Waals surface area contributed by atoms with E-state index in [1.54, 1.807) is 0 Å². The zero-order valence-corrected chi connectivity index (χ0v) is 12.2. The van der Waals surface area contributed by atoms with Gasteiger partial charge in [-0.25, -0.2) is 4.68 Å². The van der Waals surface area contributed by atoms with Crippen molar-refractivity contribution in [2.75, 3.05) is 0 Å². The van der Waals surface area contributed by atoms with Gasteiger partial charge in [-0.1, -0.05) is 12.1 Å². The average Bonchev–Trinajstić information content (AvgIpc) is 3.33. The van der Waals surface area contributed by atoms with Crippen molar-refractivity contribution in [2.24, 2.45) is 5.73 Å². The molecule has 2 saturated carbocycles. The minimum absolute atomic E-state index is 0.0530. The first-order chi connectivity index (χ1) is 9.17. The molecule has 0 bridgehead atoms. The maximum Gasteiger partial charge on any atom is 0.0649 e. The van der Waals surface area contributed by atoms with E-state index >= 15 is 0 Å². The molecule has 2 aliphatic carbocycles. The van der Waals surface area contributed by atoms with Crippen molar-refractivity contribution in [2.45, 2.75) is 37.1 Å². The monoisotopic (exact) mass is 317 g/mol. The summed E-state index contributed by atoms with van der Waals surface area (Å²) in [5.74, 6) is 0.667. The molecular formula is C15H16BrN3. The number of rotatable bonds is 3. The van der Waals surface area contributed by atoms with Gasteiger partial charge >= 0.3 is 0 Å². The zero-order valence-electron chi connectivity index (χ0n) is 10.6. The Labute approximate surface area is 120 Å². The van der Waals surface area contributed by atoms with Gasteiger partial charge in [0.2, 0.25) is 0 Å². The van der Waals surface area contributed by atoms with E-state index in [4.69, 9.17) is 5.73 Å². The summed E-state index contributed by atoms with van der Waals surface area (Å²) in [5, 5.41) is 4.49. The molecular weight excluding hydrogens is 302 g/mol. The van der Waals surface area contributed by atoms with E-state index in [0.717, 1.165) is 23.0 Å². The first kappa shape index (κ1) is 11.7. The number of hydrogen-bond donors (Lipinski definition) is 1. The van der Waals surface area contributed by atoms with Crippen LogP contribution in [0, 0.1) is 0 Å². The fourth-order valence-electron chi connectivity index (χ4n) is 2.63. The Morgan fingerprint density at radius 2 is 1.89 bits per heavy atom. The predicted octanol–water partition coefficient (Wildman–Crippen LogP) is 3.46. The van der Waals surface area contributed by atoms with Crippen LogP contribution in [0.1, 0.15) is 42.9 Å². The van der Waals surface area contributed by atoms with Crippen LogP contribution in [0.25, 0.3) is 5.69 Å². The molecule has 0 amide bonds. The maximum atomic E-state index is 6.22. The first-order valence-electron chi connectivity index (χ1n) is 6.81. The van der Waals surface area contributed by atoms with Gasteiger partial charge in [-0.3, -0.25) is 0 Å². The third kappa shape index (κ3) is 1.94. The van der Waals surface area contributed by atoms with E-state index in [1.165, 1.54) is 24.1 Å². The van der Waals surface area contributed by atoms with Crippen molar-refractivity contribution in [1.29, 1.82) is 0 Å². The summed E-state index contributed by atoms with van der Waals surface area (Å²) in [6.07, 6.45) is 6.65. The summed E-state index contributed by atoms with van der Waals surface area (Å²) in [6.45, 7) is 0. The molecule has 3 nitrogen and oxygen atoms in total. The summed E-state index contributed by atoms with van der Waals surface area (Å²) in [5.41, 5.74) is 9.84. The van der Waals surface area contributed by atoms with Gasteiger partial charge in [0.05, 0.1) is 22.1 Å². The molecule has 0 saturated heterocycles. The van der Waals surface area contributed by atoms with Gasteiger partial charge in [-0.2, -0.15) is 5.10 Å². The van der Waals surface area contributed by atoms with E-state index in [-0.39, 0.29) is 5.54 Å². The van der Waals surface area contributed by atoms with Crippen LogP contribution in [0.3, 0.4) is 0 Å². The van der Waals surface area contributed by atoms with Gasteiger partial charge in [-0.05, 0) is 59.3 Å². The van der Waals surface area contributed by atoms with Crippen LogP contribution in [0.15, 0.2) is 34.9 Å². The lowest BCUT2D eigenvalue weighted by Crippen LogP contribution is -2.18. The molecule has 2 aromatic rings. The molecule has 1 heterocycles. The number of nitrogens with two attached hydrogens (primary N) is 1. The molecule has 2 aliphatic rings. The number of benzene rings is 1. The Morgan fingerprint density at radius 3 is 2.47 bits per heavy atom. The standard InChI is InChI=1S/C15H16BrN3/c16-13-9-18-19(14(13)10-1-2-10)12-5-3-11(4-6-12)15(17)7-8-15/h3-6,9-10H,1-2,7-8,17H2. The highest BCUT2D eigenvalue weighted by Crippen LogP contribution is 2.45. The molecule has 0 radical (unpaired) electrons. The molecule has 2 fully saturated rings. The van der Waals surface area contributed by atoms with Crippen molar-refractivity contribution in [3.63, 3.8) is 0 Å². The average molecular weight is 318 g/mol. The fourth-order valence-corrected chi connectivity index (χ4v) is 3.21. The van der Waals surface area contributed by atoms with Crippen LogP contribution >= 0.6 is 15.9 Å². The summed E-state index contributed by atoms with van der Waals surface area (Å²) in [7, 11) is 0. The normalized spacial score (nSPS) is 20.5. The second-order valence-corrected chi connectivity index (χ2v) is 6.62. The van der Waals surface area contributed by atoms with Gasteiger partial charge in [0, 0.05) is 11.5 Å². The highest BCUT2D eigenvalue weighted by atomic mass is 79.9. The van der Waals surface area contributed by atoms with E-state index in [0.29, 0.717) is 5.92 Å². The highest BCUT2D eigenvalue weighted by molar-refractivity contribution is 9.10. The summed E-state index contributed by atoms with van der Waals surface area (Å²) in [4.78, 5) is 0. The minimum atomic E-state index is -0.0530. The van der Waals surface area contributed by atoms with Crippen molar-refractivity contribution >= 4 is 15.9 Å². The lowest BCUT2D eigenvalue weighted by Gasteiger charge is -2.11. The Morgan fingerprint density at radius 1 is 1.21 bits per heavy atom. The number of aromatic nitrogens is 2. The van der Waals surface area contributed by atoms with Gasteiger partial charge in [0.15, 0.2) is 0 Å². The van der Waals surface area contributed by atoms with Crippen LogP contribution in [-0.2, 0) is 5.54 Å². The van der Waals surface area contributed by atoms with E-state index in [9.17, 15) is 0 Å². The van der Waals surface area contributed by atoms with E-state index in [1.807, 2.05) is 6.20 Å². The van der Waals surface area contributed by atoms with Crippen LogP contribution in [-0.4, -0.2) is 9.78 Å². The molecule has 2 N–H and O–H groups in total.